The number of likely N-dealkylation sites (tertiary alicyclic amines) is 1. The van der Waals surface area contributed by atoms with Gasteiger partial charge in [-0.1, -0.05) is 12.1 Å². The molecule has 1 fully saturated rings. The predicted octanol–water partition coefficient (Wildman–Crippen LogP) is 3.62. The molecule has 146 valence electrons. The molecule has 0 spiro atoms. The average molecular weight is 370 g/mol. The molecular weight excluding hydrogens is 340 g/mol. The van der Waals surface area contributed by atoms with Crippen molar-refractivity contribution in [1.82, 2.24) is 10.2 Å². The van der Waals surface area contributed by atoms with Gasteiger partial charge in [0.2, 0.25) is 0 Å². The summed E-state index contributed by atoms with van der Waals surface area (Å²) in [6, 6.07) is 6.66. The van der Waals surface area contributed by atoms with Gasteiger partial charge >= 0.3 is 6.09 Å². The van der Waals surface area contributed by atoms with Gasteiger partial charge in [0.15, 0.2) is 0 Å². The number of carbonyl (C=O) groups excluding carboxylic acids is 1. The number of hydrogen-bond acceptors (Lipinski definition) is 4. The van der Waals surface area contributed by atoms with Gasteiger partial charge in [-0.3, -0.25) is 0 Å². The molecule has 1 amide bonds. The molecule has 4 rings (SSSR count). The Morgan fingerprint density at radius 1 is 1.30 bits per heavy atom. The summed E-state index contributed by atoms with van der Waals surface area (Å²) in [5.41, 5.74) is 4.11. The second kappa shape index (κ2) is 7.93. The lowest BCUT2D eigenvalue weighted by Crippen LogP contribution is -2.43. The summed E-state index contributed by atoms with van der Waals surface area (Å²) in [6.45, 7) is 7.32. The highest BCUT2D eigenvalue weighted by molar-refractivity contribution is 5.69. The van der Waals surface area contributed by atoms with Crippen molar-refractivity contribution < 1.29 is 14.3 Å². The first-order valence-electron chi connectivity index (χ1n) is 10.3. The summed E-state index contributed by atoms with van der Waals surface area (Å²) in [5.74, 6) is 1.54. The second-order valence-electron chi connectivity index (χ2n) is 8.12. The first-order chi connectivity index (χ1) is 13.1. The molecule has 5 heteroatoms. The largest absolute Gasteiger partial charge is 0.490 e. The van der Waals surface area contributed by atoms with E-state index < -0.39 is 0 Å². The smallest absolute Gasteiger partial charge is 0.410 e. The number of amides is 1. The number of piperidine rings is 1. The van der Waals surface area contributed by atoms with Crippen LogP contribution in [0, 0.1) is 5.92 Å². The maximum Gasteiger partial charge on any atom is 0.410 e. The zero-order valence-electron chi connectivity index (χ0n) is 16.4. The predicted molar refractivity (Wildman–Crippen MR) is 106 cm³/mol. The summed E-state index contributed by atoms with van der Waals surface area (Å²) in [6.07, 6.45) is 6.32. The van der Waals surface area contributed by atoms with Crippen molar-refractivity contribution in [3.05, 3.63) is 35.4 Å². The zero-order valence-corrected chi connectivity index (χ0v) is 16.4. The molecule has 0 aromatic heterocycles. The topological polar surface area (TPSA) is 50.8 Å². The van der Waals surface area contributed by atoms with Gasteiger partial charge in [-0.05, 0) is 74.4 Å². The molecule has 27 heavy (non-hydrogen) atoms. The standard InChI is InChI=1S/C22H30N2O3/c1-15(2)26-22(25)24-11-7-17(8-12-24)21-14-19-13-18(3-4-20(19)27-21)16-5-9-23-10-6-16/h3-5,13,15,17,21,23H,6-12,14H2,1-2H3. The second-order valence-corrected chi connectivity index (χ2v) is 8.12. The fraction of sp³-hybridized carbons (Fsp3) is 0.591. The molecule has 5 nitrogen and oxygen atoms in total. The molecule has 3 aliphatic rings. The molecule has 1 aromatic carbocycles. The highest BCUT2D eigenvalue weighted by Crippen LogP contribution is 2.37. The van der Waals surface area contributed by atoms with Crippen LogP contribution in [0.1, 0.15) is 44.2 Å². The lowest BCUT2D eigenvalue weighted by atomic mass is 9.88. The van der Waals surface area contributed by atoms with E-state index in [0.29, 0.717) is 5.92 Å². The van der Waals surface area contributed by atoms with Crippen LogP contribution in [0.25, 0.3) is 5.57 Å². The van der Waals surface area contributed by atoms with E-state index in [1.54, 1.807) is 0 Å². The van der Waals surface area contributed by atoms with E-state index >= 15 is 0 Å². The fourth-order valence-corrected chi connectivity index (χ4v) is 4.35. The number of nitrogens with one attached hydrogen (secondary N) is 1. The summed E-state index contributed by atoms with van der Waals surface area (Å²) in [5, 5.41) is 3.37. The molecule has 3 aliphatic heterocycles. The highest BCUT2D eigenvalue weighted by Gasteiger charge is 2.34. The third-order valence-corrected chi connectivity index (χ3v) is 5.85. The van der Waals surface area contributed by atoms with E-state index in [4.69, 9.17) is 9.47 Å². The van der Waals surface area contributed by atoms with Crippen LogP contribution in [0.3, 0.4) is 0 Å². The van der Waals surface area contributed by atoms with E-state index in [2.05, 4.69) is 29.6 Å². The molecule has 1 aromatic rings. The Balaban J connectivity index is 1.35. The summed E-state index contributed by atoms with van der Waals surface area (Å²) < 4.78 is 11.6. The van der Waals surface area contributed by atoms with Gasteiger partial charge in [0.05, 0.1) is 6.10 Å². The van der Waals surface area contributed by atoms with Crippen LogP contribution in [0.2, 0.25) is 0 Å². The van der Waals surface area contributed by atoms with Crippen LogP contribution in [-0.2, 0) is 11.2 Å². The van der Waals surface area contributed by atoms with Crippen LogP contribution < -0.4 is 10.1 Å². The lowest BCUT2D eigenvalue weighted by molar-refractivity contribution is 0.0503. The SMILES string of the molecule is CC(C)OC(=O)N1CCC(C2Cc3cc(C4=CCNCC4)ccc3O2)CC1. The molecule has 1 N–H and O–H groups in total. The van der Waals surface area contributed by atoms with Crippen LogP contribution in [-0.4, -0.2) is 49.4 Å². The van der Waals surface area contributed by atoms with Gasteiger partial charge in [-0.25, -0.2) is 4.79 Å². The molecule has 3 heterocycles. The number of rotatable bonds is 3. The Kier molecular flexibility index (Phi) is 5.39. The molecule has 1 atom stereocenters. The molecule has 0 bridgehead atoms. The van der Waals surface area contributed by atoms with Crippen LogP contribution in [0.15, 0.2) is 24.3 Å². The van der Waals surface area contributed by atoms with Crippen molar-refractivity contribution in [1.29, 1.82) is 0 Å². The third-order valence-electron chi connectivity index (χ3n) is 5.85. The zero-order chi connectivity index (χ0) is 18.8. The number of fused-ring (bicyclic) bond motifs is 1. The minimum Gasteiger partial charge on any atom is -0.490 e. The van der Waals surface area contributed by atoms with Gasteiger partial charge in [-0.15, -0.1) is 0 Å². The van der Waals surface area contributed by atoms with E-state index in [1.807, 2.05) is 18.7 Å². The Morgan fingerprint density at radius 2 is 2.11 bits per heavy atom. The minimum atomic E-state index is -0.182. The summed E-state index contributed by atoms with van der Waals surface area (Å²) >= 11 is 0. The van der Waals surface area contributed by atoms with Crippen LogP contribution in [0.5, 0.6) is 5.75 Å². The Labute approximate surface area is 161 Å². The number of ether oxygens (including phenoxy) is 2. The van der Waals surface area contributed by atoms with Crippen molar-refractivity contribution in [2.45, 2.75) is 51.7 Å². The molecule has 1 saturated heterocycles. The van der Waals surface area contributed by atoms with Gasteiger partial charge in [0, 0.05) is 26.1 Å². The first kappa shape index (κ1) is 18.4. The quantitative estimate of drug-likeness (QED) is 0.883. The normalized spacial score (nSPS) is 23.0. The highest BCUT2D eigenvalue weighted by atomic mass is 16.6. The fourth-order valence-electron chi connectivity index (χ4n) is 4.35. The number of carbonyl (C=O) groups is 1. The van der Waals surface area contributed by atoms with E-state index in [-0.39, 0.29) is 18.3 Å². The van der Waals surface area contributed by atoms with E-state index in [0.717, 1.165) is 57.6 Å². The maximum absolute atomic E-state index is 12.1. The van der Waals surface area contributed by atoms with Crippen molar-refractivity contribution in [3.63, 3.8) is 0 Å². The average Bonchev–Trinajstić information content (AvgIpc) is 3.11. The Bertz CT molecular complexity index is 720. The van der Waals surface area contributed by atoms with Crippen LogP contribution >= 0.6 is 0 Å². The molecule has 0 saturated carbocycles. The Hall–Kier alpha value is -2.01. The molecule has 0 radical (unpaired) electrons. The van der Waals surface area contributed by atoms with E-state index in [9.17, 15) is 4.79 Å². The number of nitrogens with zero attached hydrogens (tertiary/aromatic N) is 1. The van der Waals surface area contributed by atoms with Crippen molar-refractivity contribution in [2.24, 2.45) is 5.92 Å². The first-order valence-corrected chi connectivity index (χ1v) is 10.3. The van der Waals surface area contributed by atoms with Gasteiger partial charge in [0.25, 0.3) is 0 Å². The third kappa shape index (κ3) is 4.13. The van der Waals surface area contributed by atoms with Crippen molar-refractivity contribution in [3.8, 4) is 5.75 Å². The van der Waals surface area contributed by atoms with Crippen molar-refractivity contribution in [2.75, 3.05) is 26.2 Å². The van der Waals surface area contributed by atoms with Gasteiger partial charge in [0.1, 0.15) is 11.9 Å². The number of hydrogen-bond donors (Lipinski definition) is 1. The van der Waals surface area contributed by atoms with E-state index in [1.165, 1.54) is 16.7 Å². The summed E-state index contributed by atoms with van der Waals surface area (Å²) in [4.78, 5) is 13.9. The maximum atomic E-state index is 12.1. The lowest BCUT2D eigenvalue weighted by Gasteiger charge is -2.34. The summed E-state index contributed by atoms with van der Waals surface area (Å²) in [7, 11) is 0. The van der Waals surface area contributed by atoms with Crippen LogP contribution in [0.4, 0.5) is 4.79 Å². The van der Waals surface area contributed by atoms with Gasteiger partial charge in [-0.2, -0.15) is 0 Å². The molecular formula is C22H30N2O3. The molecule has 1 unspecified atom stereocenters. The number of benzene rings is 1. The minimum absolute atomic E-state index is 0.0628. The molecule has 0 aliphatic carbocycles. The van der Waals surface area contributed by atoms with Gasteiger partial charge < -0.3 is 19.7 Å². The Morgan fingerprint density at radius 3 is 2.81 bits per heavy atom. The monoisotopic (exact) mass is 370 g/mol. The van der Waals surface area contributed by atoms with Crippen molar-refractivity contribution >= 4 is 11.7 Å².